The average Bonchev–Trinajstić information content (AvgIpc) is 3.55. The van der Waals surface area contributed by atoms with Gasteiger partial charge >= 0.3 is 39.5 Å². The fraction of sp³-hybridized carbons (Fsp3) is 0.943. The van der Waals surface area contributed by atoms with Gasteiger partial charge in [0.05, 0.1) is 26.4 Å². The van der Waals surface area contributed by atoms with Crippen molar-refractivity contribution in [2.45, 2.75) is 374 Å². The molecule has 528 valence electrons. The molecular weight excluding hydrogens is 1170 g/mol. The van der Waals surface area contributed by atoms with Crippen LogP contribution < -0.4 is 0 Å². The van der Waals surface area contributed by atoms with Crippen molar-refractivity contribution in [3.63, 3.8) is 0 Å². The summed E-state index contributed by atoms with van der Waals surface area (Å²) in [5, 5.41) is 10.6. The highest BCUT2D eigenvalue weighted by Crippen LogP contribution is 2.45. The molecule has 0 aliphatic carbocycles. The number of ether oxygens (including phenoxy) is 4. The van der Waals surface area contributed by atoms with Crippen molar-refractivity contribution >= 4 is 39.5 Å². The summed E-state index contributed by atoms with van der Waals surface area (Å²) >= 11 is 0. The Balaban J connectivity index is 5.23. The average molecular weight is 1310 g/mol. The summed E-state index contributed by atoms with van der Waals surface area (Å²) in [6.45, 7) is 9.57. The van der Waals surface area contributed by atoms with Crippen LogP contribution in [0.3, 0.4) is 0 Å². The summed E-state index contributed by atoms with van der Waals surface area (Å²) in [6, 6.07) is 0. The lowest BCUT2D eigenvalue weighted by Gasteiger charge is -2.21. The molecule has 0 aromatic carbocycles. The highest BCUT2D eigenvalue weighted by molar-refractivity contribution is 7.47. The van der Waals surface area contributed by atoms with Crippen molar-refractivity contribution in [2.75, 3.05) is 39.6 Å². The molecule has 0 aromatic rings. The second-order valence-electron chi connectivity index (χ2n) is 26.0. The highest BCUT2D eigenvalue weighted by Gasteiger charge is 2.30. The monoisotopic (exact) mass is 1310 g/mol. The van der Waals surface area contributed by atoms with Crippen molar-refractivity contribution in [3.8, 4) is 0 Å². The van der Waals surface area contributed by atoms with Crippen LogP contribution in [0.2, 0.25) is 0 Å². The molecule has 0 saturated heterocycles. The van der Waals surface area contributed by atoms with Crippen molar-refractivity contribution in [3.05, 3.63) is 0 Å². The molecule has 0 radical (unpaired) electrons. The van der Waals surface area contributed by atoms with Crippen LogP contribution >= 0.6 is 15.6 Å². The molecule has 0 fully saturated rings. The maximum absolute atomic E-state index is 13.0. The predicted octanol–water partition coefficient (Wildman–Crippen LogP) is 20.0. The molecule has 0 heterocycles. The molecule has 0 aliphatic heterocycles. The number of carbonyl (C=O) groups is 4. The van der Waals surface area contributed by atoms with Gasteiger partial charge < -0.3 is 33.8 Å². The smallest absolute Gasteiger partial charge is 0.462 e. The molecule has 0 spiro atoms. The number of carbonyl (C=O) groups excluding carboxylic acids is 4. The molecule has 0 amide bonds. The molecule has 89 heavy (non-hydrogen) atoms. The number of aliphatic hydroxyl groups is 1. The first-order valence-corrected chi connectivity index (χ1v) is 39.5. The van der Waals surface area contributed by atoms with Gasteiger partial charge in [-0.15, -0.1) is 0 Å². The van der Waals surface area contributed by atoms with Gasteiger partial charge in [-0.3, -0.25) is 37.3 Å². The molecule has 3 N–H and O–H groups in total. The first-order valence-electron chi connectivity index (χ1n) is 36.5. The Kier molecular flexibility index (Phi) is 60.8. The third kappa shape index (κ3) is 63.2. The Labute approximate surface area is 543 Å². The van der Waals surface area contributed by atoms with E-state index in [2.05, 4.69) is 41.5 Å². The third-order valence-electron chi connectivity index (χ3n) is 16.6. The summed E-state index contributed by atoms with van der Waals surface area (Å²) in [7, 11) is -9.90. The number of hydrogen-bond acceptors (Lipinski definition) is 15. The van der Waals surface area contributed by atoms with Crippen molar-refractivity contribution in [1.29, 1.82) is 0 Å². The van der Waals surface area contributed by atoms with E-state index in [0.29, 0.717) is 25.7 Å². The number of phosphoric ester groups is 2. The lowest BCUT2D eigenvalue weighted by Crippen LogP contribution is -2.30. The van der Waals surface area contributed by atoms with Gasteiger partial charge in [0, 0.05) is 25.7 Å². The van der Waals surface area contributed by atoms with E-state index in [4.69, 9.17) is 37.0 Å². The minimum absolute atomic E-state index is 0.107. The van der Waals surface area contributed by atoms with Crippen LogP contribution in [0.5, 0.6) is 0 Å². The van der Waals surface area contributed by atoms with Crippen LogP contribution in [-0.2, 0) is 65.4 Å². The van der Waals surface area contributed by atoms with Gasteiger partial charge in [-0.05, 0) is 37.5 Å². The Morgan fingerprint density at radius 3 is 0.854 bits per heavy atom. The lowest BCUT2D eigenvalue weighted by atomic mass is 9.99. The zero-order valence-electron chi connectivity index (χ0n) is 57.7. The molecule has 0 bridgehead atoms. The van der Waals surface area contributed by atoms with Crippen molar-refractivity contribution in [1.82, 2.24) is 0 Å². The number of esters is 4. The maximum atomic E-state index is 13.0. The Hall–Kier alpha value is -1.94. The largest absolute Gasteiger partial charge is 0.472 e. The van der Waals surface area contributed by atoms with E-state index in [1.165, 1.54) is 167 Å². The van der Waals surface area contributed by atoms with E-state index in [-0.39, 0.29) is 25.7 Å². The first-order chi connectivity index (χ1) is 42.9. The van der Waals surface area contributed by atoms with Gasteiger partial charge in [-0.1, -0.05) is 305 Å². The Morgan fingerprint density at radius 2 is 0.573 bits per heavy atom. The van der Waals surface area contributed by atoms with Crippen LogP contribution in [0.1, 0.15) is 356 Å². The molecule has 17 nitrogen and oxygen atoms in total. The summed E-state index contributed by atoms with van der Waals surface area (Å²) in [5.41, 5.74) is 0. The minimum Gasteiger partial charge on any atom is -0.462 e. The van der Waals surface area contributed by atoms with E-state index >= 15 is 0 Å². The molecule has 19 heteroatoms. The van der Waals surface area contributed by atoms with Gasteiger partial charge in [-0.25, -0.2) is 9.13 Å². The molecule has 0 aromatic heterocycles. The van der Waals surface area contributed by atoms with Crippen LogP contribution in [0.25, 0.3) is 0 Å². The Morgan fingerprint density at radius 1 is 0.326 bits per heavy atom. The number of rotatable bonds is 69. The molecule has 0 rings (SSSR count). The predicted molar refractivity (Wildman–Crippen MR) is 358 cm³/mol. The zero-order valence-corrected chi connectivity index (χ0v) is 59.5. The van der Waals surface area contributed by atoms with E-state index in [1.54, 1.807) is 0 Å². The molecular formula is C70H136O17P2. The van der Waals surface area contributed by atoms with Crippen LogP contribution in [0.15, 0.2) is 0 Å². The van der Waals surface area contributed by atoms with Gasteiger partial charge in [0.15, 0.2) is 12.2 Å². The summed E-state index contributed by atoms with van der Waals surface area (Å²) in [5.74, 6) is -0.529. The molecule has 6 atom stereocenters. The van der Waals surface area contributed by atoms with E-state index in [9.17, 15) is 43.2 Å². The van der Waals surface area contributed by atoms with Crippen molar-refractivity contribution < 1.29 is 80.2 Å². The molecule has 0 aliphatic rings. The van der Waals surface area contributed by atoms with E-state index < -0.39 is 97.5 Å². The fourth-order valence-electron chi connectivity index (χ4n) is 10.6. The maximum Gasteiger partial charge on any atom is 0.472 e. The van der Waals surface area contributed by atoms with E-state index in [1.807, 2.05) is 0 Å². The number of aliphatic hydroxyl groups excluding tert-OH is 1. The minimum atomic E-state index is -4.95. The summed E-state index contributed by atoms with van der Waals surface area (Å²) in [4.78, 5) is 72.5. The number of hydrogen-bond donors (Lipinski definition) is 3. The molecule has 3 unspecified atom stereocenters. The van der Waals surface area contributed by atoms with Crippen LogP contribution in [0.4, 0.5) is 0 Å². The zero-order chi connectivity index (χ0) is 65.7. The number of unbranched alkanes of at least 4 members (excludes halogenated alkanes) is 38. The van der Waals surface area contributed by atoms with Gasteiger partial charge in [0.2, 0.25) is 0 Å². The number of phosphoric acid groups is 2. The Bertz CT molecular complexity index is 1740. The normalized spacial score (nSPS) is 14.4. The highest BCUT2D eigenvalue weighted by atomic mass is 31.2. The standard InChI is InChI=1S/C70H136O17P2/c1-7-10-12-14-16-18-22-30-36-42-48-54-69(74)86-65(58-80-67(72)52-46-40-34-17-15-13-11-8-2)60-84-88(76,77)82-56-64(71)57-83-89(78,79)85-61-66(59-81-68(73)53-47-41-35-29-26-25-28-33-39-45-51-63(6)9-3)87-70(75)55-49-43-37-31-24-21-19-20-23-27-32-38-44-50-62(4)5/h62-66,71H,7-61H2,1-6H3,(H,76,77)(H,78,79)/t63?,64-,65+,66+/m0/s1. The summed E-state index contributed by atoms with van der Waals surface area (Å²) in [6.07, 6.45) is 47.1. The summed E-state index contributed by atoms with van der Waals surface area (Å²) < 4.78 is 68.2. The fourth-order valence-corrected chi connectivity index (χ4v) is 12.1. The second-order valence-corrected chi connectivity index (χ2v) is 28.9. The van der Waals surface area contributed by atoms with Crippen molar-refractivity contribution in [2.24, 2.45) is 11.8 Å². The quantitative estimate of drug-likeness (QED) is 0.0222. The molecule has 0 saturated carbocycles. The SMILES string of the molecule is CCCCCCCCCCCCCC(=O)O[C@H](COC(=O)CCCCCCCCCC)COP(=O)(O)OC[C@H](O)COP(=O)(O)OC[C@@H](COC(=O)CCCCCCCCCCCCC(C)CC)OC(=O)CCCCCCCCCCCCCCCC(C)C. The first kappa shape index (κ1) is 87.1. The van der Waals surface area contributed by atoms with E-state index in [0.717, 1.165) is 108 Å². The lowest BCUT2D eigenvalue weighted by molar-refractivity contribution is -0.161. The third-order valence-corrected chi connectivity index (χ3v) is 18.5. The van der Waals surface area contributed by atoms with Crippen LogP contribution in [-0.4, -0.2) is 96.7 Å². The van der Waals surface area contributed by atoms with Gasteiger partial charge in [0.25, 0.3) is 0 Å². The second kappa shape index (κ2) is 62.2. The topological polar surface area (TPSA) is 237 Å². The van der Waals surface area contributed by atoms with Gasteiger partial charge in [0.1, 0.15) is 19.3 Å². The van der Waals surface area contributed by atoms with Crippen LogP contribution in [0, 0.1) is 11.8 Å². The van der Waals surface area contributed by atoms with Gasteiger partial charge in [-0.2, -0.15) is 0 Å².